The number of hydrogen-bond donors (Lipinski definition) is 2. The molecule has 0 aliphatic carbocycles. The Balaban J connectivity index is 1.54. The van der Waals surface area contributed by atoms with Crippen molar-refractivity contribution in [2.75, 3.05) is 16.9 Å². The van der Waals surface area contributed by atoms with Crippen LogP contribution in [0.3, 0.4) is 0 Å². The van der Waals surface area contributed by atoms with Gasteiger partial charge in [-0.1, -0.05) is 32.9 Å². The number of fused-ring (bicyclic) bond motifs is 1. The molecule has 4 aromatic rings. The Kier molecular flexibility index (Phi) is 6.12. The average molecular weight is 517 g/mol. The van der Waals surface area contributed by atoms with Crippen molar-refractivity contribution in [3.05, 3.63) is 88.3 Å². The van der Waals surface area contributed by atoms with Crippen molar-refractivity contribution in [2.24, 2.45) is 16.5 Å². The molecule has 0 fully saturated rings. The number of nitrogens with two attached hydrogens (primary N) is 2. The second-order valence-electron chi connectivity index (χ2n) is 9.63. The van der Waals surface area contributed by atoms with E-state index in [4.69, 9.17) is 25.6 Å². The maximum Gasteiger partial charge on any atom is 0.325 e. The lowest BCUT2D eigenvalue weighted by molar-refractivity contribution is 0.256. The summed E-state index contributed by atoms with van der Waals surface area (Å²) in [5, 5.41) is 3.18. The zero-order valence-corrected chi connectivity index (χ0v) is 21.8. The van der Waals surface area contributed by atoms with E-state index in [0.29, 0.717) is 27.4 Å². The highest BCUT2D eigenvalue weighted by molar-refractivity contribution is 7.14. The molecular formula is C27H28N6O3S. The molecule has 0 saturated heterocycles. The molecule has 37 heavy (non-hydrogen) atoms. The van der Waals surface area contributed by atoms with Gasteiger partial charge in [0.1, 0.15) is 11.6 Å². The van der Waals surface area contributed by atoms with Gasteiger partial charge in [0.25, 0.3) is 0 Å². The van der Waals surface area contributed by atoms with Gasteiger partial charge in [-0.3, -0.25) is 0 Å². The van der Waals surface area contributed by atoms with Crippen LogP contribution in [0.1, 0.15) is 38.2 Å². The zero-order valence-electron chi connectivity index (χ0n) is 21.0. The van der Waals surface area contributed by atoms with Gasteiger partial charge in [-0.2, -0.15) is 0 Å². The molecule has 190 valence electrons. The van der Waals surface area contributed by atoms with Gasteiger partial charge in [0.2, 0.25) is 5.55 Å². The number of carbonyl (C=O) groups is 1. The standard InChI is InChI=1S/C27H28N6O3S/c1-27(2,3)21-15-37-26(30-21)33(25(29)34)18-9-7-17(8-10-18)32-22(28)20-13-14-36-24(20)31-23(32)16-5-11-19(35-4)12-6-16/h5-15,23H,28H2,1-4H3,(H2,29,34). The van der Waals surface area contributed by atoms with E-state index in [1.165, 1.54) is 16.2 Å². The summed E-state index contributed by atoms with van der Waals surface area (Å²) in [4.78, 5) is 25.3. The fraction of sp³-hybridized carbons (Fsp3) is 0.222. The minimum absolute atomic E-state index is 0.143. The van der Waals surface area contributed by atoms with E-state index in [1.54, 1.807) is 19.4 Å². The summed E-state index contributed by atoms with van der Waals surface area (Å²) in [5.74, 6) is 1.25. The SMILES string of the molecule is COc1ccc(C2N=c3occc3=C(N)N2c2ccc(N(C(N)=O)c3nc(C(C)(C)C)cs3)cc2)cc1. The fourth-order valence-electron chi connectivity index (χ4n) is 4.11. The molecule has 1 aliphatic rings. The van der Waals surface area contributed by atoms with E-state index >= 15 is 0 Å². The number of primary amides is 1. The van der Waals surface area contributed by atoms with Gasteiger partial charge in [-0.05, 0) is 48.0 Å². The average Bonchev–Trinajstić information content (AvgIpc) is 3.55. The molecule has 1 aliphatic heterocycles. The number of nitrogens with zero attached hydrogens (tertiary/aromatic N) is 4. The van der Waals surface area contributed by atoms with Gasteiger partial charge in [0, 0.05) is 16.5 Å². The molecule has 0 spiro atoms. The summed E-state index contributed by atoms with van der Waals surface area (Å²) in [5.41, 5.74) is 15.9. The smallest absolute Gasteiger partial charge is 0.325 e. The molecule has 1 unspecified atom stereocenters. The van der Waals surface area contributed by atoms with Gasteiger partial charge in [0.05, 0.1) is 30.0 Å². The molecule has 10 heteroatoms. The van der Waals surface area contributed by atoms with E-state index in [0.717, 1.165) is 22.7 Å². The van der Waals surface area contributed by atoms with Crippen molar-refractivity contribution >= 4 is 39.7 Å². The van der Waals surface area contributed by atoms with E-state index in [1.807, 2.05) is 58.8 Å². The Morgan fingerprint density at radius 2 is 1.81 bits per heavy atom. The van der Waals surface area contributed by atoms with Crippen LogP contribution < -0.4 is 36.8 Å². The second-order valence-corrected chi connectivity index (χ2v) is 10.5. The Morgan fingerprint density at radius 3 is 2.41 bits per heavy atom. The highest BCUT2D eigenvalue weighted by Gasteiger charge is 2.28. The number of amides is 2. The van der Waals surface area contributed by atoms with Crippen molar-refractivity contribution in [3.8, 4) is 5.75 Å². The van der Waals surface area contributed by atoms with Crippen LogP contribution in [0.2, 0.25) is 0 Å². The largest absolute Gasteiger partial charge is 0.497 e. The number of furan rings is 1. The second kappa shape index (κ2) is 9.29. The Labute approximate surface area is 218 Å². The normalized spacial score (nSPS) is 15.2. The van der Waals surface area contributed by atoms with Crippen LogP contribution in [-0.2, 0) is 5.41 Å². The van der Waals surface area contributed by atoms with Gasteiger partial charge in [0.15, 0.2) is 11.3 Å². The number of carbonyl (C=O) groups excluding carboxylic acids is 1. The lowest BCUT2D eigenvalue weighted by Gasteiger charge is -2.33. The quantitative estimate of drug-likeness (QED) is 0.411. The highest BCUT2D eigenvalue weighted by Crippen LogP contribution is 2.36. The molecular weight excluding hydrogens is 488 g/mol. The molecule has 0 saturated carbocycles. The summed E-state index contributed by atoms with van der Waals surface area (Å²) >= 11 is 1.38. The topological polar surface area (TPSA) is 123 Å². The summed E-state index contributed by atoms with van der Waals surface area (Å²) in [7, 11) is 1.62. The molecule has 1 atom stereocenters. The minimum atomic E-state index is -0.610. The predicted octanol–water partition coefficient (Wildman–Crippen LogP) is 4.12. The fourth-order valence-corrected chi connectivity index (χ4v) is 5.19. The third-order valence-corrected chi connectivity index (χ3v) is 6.96. The van der Waals surface area contributed by atoms with Crippen LogP contribution in [0.4, 0.5) is 21.3 Å². The molecule has 9 nitrogen and oxygen atoms in total. The molecule has 0 radical (unpaired) electrons. The van der Waals surface area contributed by atoms with Crippen LogP contribution >= 0.6 is 11.3 Å². The molecule has 3 heterocycles. The van der Waals surface area contributed by atoms with Gasteiger partial charge in [-0.15, -0.1) is 11.3 Å². The number of aromatic nitrogens is 1. The van der Waals surface area contributed by atoms with Crippen LogP contribution in [0.15, 0.2) is 75.7 Å². The molecule has 2 aromatic heterocycles. The van der Waals surface area contributed by atoms with E-state index in [2.05, 4.69) is 25.8 Å². The Bertz CT molecular complexity index is 1550. The first kappa shape index (κ1) is 24.4. The Morgan fingerprint density at radius 1 is 1.11 bits per heavy atom. The number of rotatable bonds is 5. The number of anilines is 3. The summed E-state index contributed by atoms with van der Waals surface area (Å²) in [6.45, 7) is 6.22. The van der Waals surface area contributed by atoms with Crippen LogP contribution in [-0.4, -0.2) is 18.1 Å². The third kappa shape index (κ3) is 4.51. The van der Waals surface area contributed by atoms with Crippen molar-refractivity contribution in [1.29, 1.82) is 0 Å². The van der Waals surface area contributed by atoms with Gasteiger partial charge >= 0.3 is 6.03 Å². The number of methoxy groups -OCH3 is 1. The minimum Gasteiger partial charge on any atom is -0.497 e. The zero-order chi connectivity index (χ0) is 26.3. The first-order valence-electron chi connectivity index (χ1n) is 11.7. The number of hydrogen-bond acceptors (Lipinski definition) is 8. The third-order valence-electron chi connectivity index (χ3n) is 6.14. The maximum atomic E-state index is 12.4. The number of thiazole rings is 1. The lowest BCUT2D eigenvalue weighted by Crippen LogP contribution is -2.43. The molecule has 5 rings (SSSR count). The van der Waals surface area contributed by atoms with E-state index in [9.17, 15) is 4.79 Å². The van der Waals surface area contributed by atoms with Crippen LogP contribution in [0, 0.1) is 0 Å². The molecule has 4 N–H and O–H groups in total. The van der Waals surface area contributed by atoms with Gasteiger partial charge in [-0.25, -0.2) is 19.7 Å². The van der Waals surface area contributed by atoms with E-state index < -0.39 is 12.2 Å². The first-order valence-corrected chi connectivity index (χ1v) is 12.6. The van der Waals surface area contributed by atoms with Crippen LogP contribution in [0.5, 0.6) is 5.75 Å². The predicted molar refractivity (Wildman–Crippen MR) is 144 cm³/mol. The molecule has 0 bridgehead atoms. The van der Waals surface area contributed by atoms with Crippen molar-refractivity contribution in [2.45, 2.75) is 32.4 Å². The first-order chi connectivity index (χ1) is 17.7. The van der Waals surface area contributed by atoms with Crippen molar-refractivity contribution in [3.63, 3.8) is 0 Å². The van der Waals surface area contributed by atoms with Gasteiger partial charge < -0.3 is 25.5 Å². The van der Waals surface area contributed by atoms with Crippen molar-refractivity contribution < 1.29 is 13.9 Å². The molecule has 2 amide bonds. The molecule has 2 aromatic carbocycles. The summed E-state index contributed by atoms with van der Waals surface area (Å²) < 4.78 is 10.9. The number of benzene rings is 2. The number of urea groups is 1. The summed E-state index contributed by atoms with van der Waals surface area (Å²) in [6.07, 6.45) is 1.11. The van der Waals surface area contributed by atoms with Crippen LogP contribution in [0.25, 0.3) is 5.82 Å². The number of ether oxygens (including phenoxy) is 1. The monoisotopic (exact) mass is 516 g/mol. The maximum absolute atomic E-state index is 12.4. The Hall–Kier alpha value is -4.31. The highest BCUT2D eigenvalue weighted by atomic mass is 32.1. The van der Waals surface area contributed by atoms with E-state index in [-0.39, 0.29) is 5.41 Å². The van der Waals surface area contributed by atoms with Crippen molar-refractivity contribution in [1.82, 2.24) is 4.98 Å². The lowest BCUT2D eigenvalue weighted by atomic mass is 9.93. The summed E-state index contributed by atoms with van der Waals surface area (Å²) in [6, 6.07) is 16.2.